The van der Waals surface area contributed by atoms with E-state index in [1.807, 2.05) is 51.1 Å². The van der Waals surface area contributed by atoms with Gasteiger partial charge in [0.1, 0.15) is 18.2 Å². The number of carbonyl (C=O) groups is 2. The second-order valence-corrected chi connectivity index (χ2v) is 15.1. The third-order valence-corrected chi connectivity index (χ3v) is 10.8. The summed E-state index contributed by atoms with van der Waals surface area (Å²) in [4.78, 5) is 28.3. The van der Waals surface area contributed by atoms with Crippen molar-refractivity contribution in [3.05, 3.63) is 47.5 Å². The standard InChI is InChI=1S/C33H44BN3O5/c1-31(2,3)16-22(17-35)29(38)37-18-21-13-24(21)25(37)19-40-30(39)36-28(12-20-10-8-7-9-11-20)34-41-27-15-23-14-26(32(23,4)5)33(27,6)42-34/h7-11,16,21,23-28H,12-15,18-19H2,1-6H3,(H,36,39)/b22-16-/t21-,23+,24-,25-,26+,27-,28+,33+/m1/s1. The monoisotopic (exact) mass is 573 g/mol. The molecule has 7 rings (SSSR count). The van der Waals surface area contributed by atoms with Crippen molar-refractivity contribution in [2.75, 3.05) is 13.2 Å². The Kier molecular flexibility index (Phi) is 7.25. The summed E-state index contributed by atoms with van der Waals surface area (Å²) in [5.74, 6) is 1.06. The van der Waals surface area contributed by atoms with Crippen LogP contribution in [0.1, 0.15) is 66.4 Å². The highest BCUT2D eigenvalue weighted by Gasteiger charge is 2.68. The average molecular weight is 574 g/mol. The maximum Gasteiger partial charge on any atom is 0.482 e. The zero-order valence-electron chi connectivity index (χ0n) is 25.8. The highest BCUT2D eigenvalue weighted by atomic mass is 16.7. The number of ether oxygens (including phenoxy) is 1. The van der Waals surface area contributed by atoms with Crippen LogP contribution in [0.15, 0.2) is 42.0 Å². The first-order chi connectivity index (χ1) is 19.8. The van der Waals surface area contributed by atoms with E-state index in [0.29, 0.717) is 36.6 Å². The number of rotatable bonds is 7. The Hall–Kier alpha value is -2.83. The van der Waals surface area contributed by atoms with Gasteiger partial charge in [-0.15, -0.1) is 0 Å². The molecular formula is C33H44BN3O5. The summed E-state index contributed by atoms with van der Waals surface area (Å²) in [7, 11) is -0.582. The summed E-state index contributed by atoms with van der Waals surface area (Å²) in [6, 6.07) is 11.9. The van der Waals surface area contributed by atoms with Gasteiger partial charge in [0.15, 0.2) is 0 Å². The molecule has 6 aliphatic rings. The minimum absolute atomic E-state index is 0.00992. The molecule has 8 nitrogen and oxygen atoms in total. The summed E-state index contributed by atoms with van der Waals surface area (Å²) in [5.41, 5.74) is 0.769. The third kappa shape index (κ3) is 5.26. The van der Waals surface area contributed by atoms with E-state index in [0.717, 1.165) is 24.8 Å². The van der Waals surface area contributed by atoms with Crippen LogP contribution in [-0.4, -0.2) is 60.9 Å². The lowest BCUT2D eigenvalue weighted by Gasteiger charge is -2.64. The molecule has 0 aromatic heterocycles. The molecule has 2 saturated heterocycles. The zero-order chi connectivity index (χ0) is 30.0. The molecule has 0 spiro atoms. The van der Waals surface area contributed by atoms with Crippen molar-refractivity contribution < 1.29 is 23.6 Å². The highest BCUT2D eigenvalue weighted by molar-refractivity contribution is 6.47. The maximum absolute atomic E-state index is 13.3. The molecule has 8 atom stereocenters. The Balaban J connectivity index is 1.13. The number of alkyl carbamates (subject to hydrolysis) is 1. The van der Waals surface area contributed by atoms with Gasteiger partial charge in [-0.25, -0.2) is 4.79 Å². The number of nitrogens with zero attached hydrogens (tertiary/aromatic N) is 2. The number of nitrogens with one attached hydrogen (secondary N) is 1. The zero-order valence-corrected chi connectivity index (χ0v) is 25.8. The van der Waals surface area contributed by atoms with Crippen molar-refractivity contribution in [1.29, 1.82) is 5.26 Å². The van der Waals surface area contributed by atoms with Crippen LogP contribution in [0.25, 0.3) is 0 Å². The van der Waals surface area contributed by atoms with Gasteiger partial charge in [-0.3, -0.25) is 4.79 Å². The molecule has 2 aliphatic heterocycles. The number of benzene rings is 1. The predicted molar refractivity (Wildman–Crippen MR) is 159 cm³/mol. The Morgan fingerprint density at radius 2 is 1.95 bits per heavy atom. The number of likely N-dealkylation sites (tertiary alicyclic amines) is 1. The molecule has 2 amide bonds. The molecule has 4 saturated carbocycles. The number of allylic oxidation sites excluding steroid dienone is 1. The van der Waals surface area contributed by atoms with Crippen LogP contribution in [-0.2, 0) is 25.3 Å². The van der Waals surface area contributed by atoms with Gasteiger partial charge in [0.2, 0.25) is 0 Å². The molecule has 1 N–H and O–H groups in total. The molecule has 0 radical (unpaired) electrons. The number of hydrogen-bond donors (Lipinski definition) is 1. The first-order valence-electron chi connectivity index (χ1n) is 15.5. The van der Waals surface area contributed by atoms with Crippen LogP contribution in [0.4, 0.5) is 4.79 Å². The molecule has 9 heteroatoms. The molecule has 2 heterocycles. The number of hydrogen-bond acceptors (Lipinski definition) is 6. The van der Waals surface area contributed by atoms with Crippen molar-refractivity contribution in [2.24, 2.45) is 34.5 Å². The average Bonchev–Trinajstić information content (AvgIpc) is 3.46. The SMILES string of the molecule is CC(C)(C)/C=C(/C#N)C(=O)N1C[C@H]2C[C@H]2[C@H]1COC(=O)N[C@@H](Cc1ccccc1)B1O[C@@H]2C[C@@H]3C[C@@H](C3(C)C)[C@]2(C)O1. The number of piperidine rings is 1. The second-order valence-electron chi connectivity index (χ2n) is 15.1. The molecule has 224 valence electrons. The number of carbonyl (C=O) groups excluding carboxylic acids is 2. The largest absolute Gasteiger partial charge is 0.482 e. The van der Waals surface area contributed by atoms with Crippen LogP contribution in [0.2, 0.25) is 0 Å². The summed E-state index contributed by atoms with van der Waals surface area (Å²) in [5, 5.41) is 12.8. The molecule has 1 aromatic carbocycles. The van der Waals surface area contributed by atoms with Crippen molar-refractivity contribution in [3.63, 3.8) is 0 Å². The van der Waals surface area contributed by atoms with Gasteiger partial charge in [-0.1, -0.05) is 71.0 Å². The van der Waals surface area contributed by atoms with E-state index >= 15 is 0 Å². The summed E-state index contributed by atoms with van der Waals surface area (Å²) >= 11 is 0. The fourth-order valence-electron chi connectivity index (χ4n) is 8.26. The fourth-order valence-corrected chi connectivity index (χ4v) is 8.26. The molecular weight excluding hydrogens is 529 g/mol. The third-order valence-electron chi connectivity index (χ3n) is 10.8. The fraction of sp³-hybridized carbons (Fsp3) is 0.667. The van der Waals surface area contributed by atoms with E-state index in [1.165, 1.54) is 0 Å². The molecule has 2 bridgehead atoms. The van der Waals surface area contributed by atoms with E-state index < -0.39 is 19.2 Å². The highest BCUT2D eigenvalue weighted by Crippen LogP contribution is 2.65. The van der Waals surface area contributed by atoms with E-state index in [9.17, 15) is 14.9 Å². The van der Waals surface area contributed by atoms with E-state index in [1.54, 1.807) is 11.0 Å². The molecule has 4 aliphatic carbocycles. The Morgan fingerprint density at radius 1 is 1.21 bits per heavy atom. The van der Waals surface area contributed by atoms with Crippen LogP contribution < -0.4 is 5.32 Å². The molecule has 6 fully saturated rings. The molecule has 1 aromatic rings. The lowest BCUT2D eigenvalue weighted by Crippen LogP contribution is -2.65. The van der Waals surface area contributed by atoms with Crippen LogP contribution in [0.5, 0.6) is 0 Å². The van der Waals surface area contributed by atoms with E-state index in [4.69, 9.17) is 14.0 Å². The molecule has 0 unspecified atom stereocenters. The number of fused-ring (bicyclic) bond motifs is 1. The normalized spacial score (nSPS) is 34.9. The van der Waals surface area contributed by atoms with E-state index in [-0.39, 0.29) is 46.7 Å². The van der Waals surface area contributed by atoms with Crippen molar-refractivity contribution >= 4 is 19.1 Å². The van der Waals surface area contributed by atoms with Crippen LogP contribution in [0.3, 0.4) is 0 Å². The summed E-state index contributed by atoms with van der Waals surface area (Å²) in [6.07, 6.45) is 4.88. The Morgan fingerprint density at radius 3 is 2.62 bits per heavy atom. The van der Waals surface area contributed by atoms with Crippen molar-refractivity contribution in [1.82, 2.24) is 10.2 Å². The summed E-state index contributed by atoms with van der Waals surface area (Å²) in [6.45, 7) is 13.4. The van der Waals surface area contributed by atoms with Gasteiger partial charge >= 0.3 is 13.2 Å². The van der Waals surface area contributed by atoms with Gasteiger partial charge in [0.25, 0.3) is 5.91 Å². The lowest BCUT2D eigenvalue weighted by atomic mass is 9.43. The Bertz CT molecular complexity index is 1300. The second kappa shape index (κ2) is 10.4. The van der Waals surface area contributed by atoms with Gasteiger partial charge in [0.05, 0.1) is 23.7 Å². The minimum Gasteiger partial charge on any atom is -0.447 e. The topological polar surface area (TPSA) is 101 Å². The van der Waals surface area contributed by atoms with Crippen molar-refractivity contribution in [3.8, 4) is 6.07 Å². The Labute approximate surface area is 250 Å². The van der Waals surface area contributed by atoms with Gasteiger partial charge < -0.3 is 24.3 Å². The quantitative estimate of drug-likeness (QED) is 0.282. The van der Waals surface area contributed by atoms with Gasteiger partial charge in [-0.2, -0.15) is 5.26 Å². The van der Waals surface area contributed by atoms with Crippen LogP contribution in [0, 0.1) is 45.8 Å². The lowest BCUT2D eigenvalue weighted by molar-refractivity contribution is -0.199. The minimum atomic E-state index is -0.582. The predicted octanol–water partition coefficient (Wildman–Crippen LogP) is 4.93. The first kappa shape index (κ1) is 29.3. The van der Waals surface area contributed by atoms with Crippen molar-refractivity contribution in [2.45, 2.75) is 90.9 Å². The smallest absolute Gasteiger partial charge is 0.447 e. The van der Waals surface area contributed by atoms with Gasteiger partial charge in [-0.05, 0) is 72.7 Å². The number of nitriles is 1. The maximum atomic E-state index is 13.3. The first-order valence-corrected chi connectivity index (χ1v) is 15.5. The van der Waals surface area contributed by atoms with Gasteiger partial charge in [0, 0.05) is 6.54 Å². The molecule has 42 heavy (non-hydrogen) atoms. The summed E-state index contributed by atoms with van der Waals surface area (Å²) < 4.78 is 19.1. The number of amides is 2. The van der Waals surface area contributed by atoms with E-state index in [2.05, 4.69) is 32.2 Å². The van der Waals surface area contributed by atoms with Crippen LogP contribution >= 0.6 is 0 Å².